The summed E-state index contributed by atoms with van der Waals surface area (Å²) in [5, 5.41) is 7.35. The molecule has 72 valence electrons. The highest BCUT2D eigenvalue weighted by Gasteiger charge is 2.16. The predicted octanol–water partition coefficient (Wildman–Crippen LogP) is 0.391. The van der Waals surface area contributed by atoms with Crippen LogP contribution in [0.25, 0.3) is 0 Å². The van der Waals surface area contributed by atoms with Crippen LogP contribution in [0.5, 0.6) is 0 Å². The van der Waals surface area contributed by atoms with Gasteiger partial charge in [-0.2, -0.15) is 5.10 Å². The third-order valence-corrected chi connectivity index (χ3v) is 2.24. The summed E-state index contributed by atoms with van der Waals surface area (Å²) >= 11 is 0. The Labute approximate surface area is 77.9 Å². The second-order valence-electron chi connectivity index (χ2n) is 3.30. The van der Waals surface area contributed by atoms with Crippen LogP contribution < -0.4 is 5.32 Å². The molecule has 1 aromatic heterocycles. The fourth-order valence-corrected chi connectivity index (χ4v) is 1.25. The van der Waals surface area contributed by atoms with Crippen molar-refractivity contribution in [2.75, 3.05) is 13.1 Å². The molecule has 4 heteroatoms. The van der Waals surface area contributed by atoms with Crippen LogP contribution in [0.3, 0.4) is 0 Å². The molecule has 1 saturated heterocycles. The molecule has 0 saturated carbocycles. The van der Waals surface area contributed by atoms with E-state index in [0.29, 0.717) is 12.7 Å². The third kappa shape index (κ3) is 2.08. The Morgan fingerprint density at radius 2 is 2.54 bits per heavy atom. The largest absolute Gasteiger partial charge is 0.371 e. The van der Waals surface area contributed by atoms with Gasteiger partial charge in [0.1, 0.15) is 0 Å². The molecule has 1 aromatic rings. The van der Waals surface area contributed by atoms with Crippen molar-refractivity contribution in [1.82, 2.24) is 15.1 Å². The summed E-state index contributed by atoms with van der Waals surface area (Å²) in [5.74, 6) is 0. The van der Waals surface area contributed by atoms with Crippen LogP contribution in [0.1, 0.15) is 12.5 Å². The molecule has 1 N–H and O–H groups in total. The summed E-state index contributed by atoms with van der Waals surface area (Å²) in [6, 6.07) is 0. The average molecular weight is 181 g/mol. The average Bonchev–Trinajstić information content (AvgIpc) is 2.49. The van der Waals surface area contributed by atoms with E-state index in [1.165, 1.54) is 0 Å². The van der Waals surface area contributed by atoms with E-state index in [1.54, 1.807) is 0 Å². The first-order valence-electron chi connectivity index (χ1n) is 4.72. The molecule has 0 atom stereocenters. The standard InChI is InChI=1S/C9H15N3O/c1-2-12-6-8(3-11-12)7-13-9-4-10-5-9/h3,6,9-10H,2,4-5,7H2,1H3. The summed E-state index contributed by atoms with van der Waals surface area (Å²) in [6.45, 7) is 5.66. The van der Waals surface area contributed by atoms with Gasteiger partial charge in [-0.15, -0.1) is 0 Å². The molecule has 1 fully saturated rings. The van der Waals surface area contributed by atoms with Crippen molar-refractivity contribution in [3.63, 3.8) is 0 Å². The first-order valence-corrected chi connectivity index (χ1v) is 4.72. The molecule has 1 aliphatic rings. The number of hydrogen-bond donors (Lipinski definition) is 1. The van der Waals surface area contributed by atoms with Gasteiger partial charge in [-0.3, -0.25) is 4.68 Å². The maximum absolute atomic E-state index is 5.61. The van der Waals surface area contributed by atoms with Crippen LogP contribution in [0.2, 0.25) is 0 Å². The molecule has 1 aliphatic heterocycles. The lowest BCUT2D eigenvalue weighted by atomic mass is 10.2. The van der Waals surface area contributed by atoms with Crippen LogP contribution in [0, 0.1) is 0 Å². The van der Waals surface area contributed by atoms with Crippen molar-refractivity contribution in [2.24, 2.45) is 0 Å². The van der Waals surface area contributed by atoms with Gasteiger partial charge >= 0.3 is 0 Å². The monoisotopic (exact) mass is 181 g/mol. The molecule has 0 aromatic carbocycles. The summed E-state index contributed by atoms with van der Waals surface area (Å²) < 4.78 is 7.52. The fourth-order valence-electron chi connectivity index (χ4n) is 1.25. The molecule has 0 aliphatic carbocycles. The Balaban J connectivity index is 1.79. The molecule has 4 nitrogen and oxygen atoms in total. The summed E-state index contributed by atoms with van der Waals surface area (Å²) in [4.78, 5) is 0. The number of aryl methyl sites for hydroxylation is 1. The quantitative estimate of drug-likeness (QED) is 0.730. The number of ether oxygens (including phenoxy) is 1. The Morgan fingerprint density at radius 3 is 3.08 bits per heavy atom. The van der Waals surface area contributed by atoms with Crippen molar-refractivity contribution in [3.8, 4) is 0 Å². The second-order valence-corrected chi connectivity index (χ2v) is 3.30. The molecule has 0 amide bonds. The number of rotatable bonds is 4. The van der Waals surface area contributed by atoms with Gasteiger partial charge in [0.15, 0.2) is 0 Å². The highest BCUT2D eigenvalue weighted by Crippen LogP contribution is 2.05. The zero-order valence-corrected chi connectivity index (χ0v) is 7.86. The predicted molar refractivity (Wildman–Crippen MR) is 49.3 cm³/mol. The summed E-state index contributed by atoms with van der Waals surface area (Å²) in [5.41, 5.74) is 1.16. The molecular formula is C9H15N3O. The van der Waals surface area contributed by atoms with Crippen molar-refractivity contribution >= 4 is 0 Å². The minimum absolute atomic E-state index is 0.407. The zero-order valence-electron chi connectivity index (χ0n) is 7.86. The molecular weight excluding hydrogens is 166 g/mol. The summed E-state index contributed by atoms with van der Waals surface area (Å²) in [6.07, 6.45) is 4.31. The van der Waals surface area contributed by atoms with Crippen LogP contribution in [0.4, 0.5) is 0 Å². The highest BCUT2D eigenvalue weighted by molar-refractivity contribution is 5.02. The molecule has 0 radical (unpaired) electrons. The van der Waals surface area contributed by atoms with E-state index in [0.717, 1.165) is 25.2 Å². The van der Waals surface area contributed by atoms with Crippen molar-refractivity contribution in [2.45, 2.75) is 26.2 Å². The SMILES string of the molecule is CCn1cc(COC2CNC2)cn1. The normalized spacial score (nSPS) is 17.3. The fraction of sp³-hybridized carbons (Fsp3) is 0.667. The maximum atomic E-state index is 5.61. The minimum atomic E-state index is 0.407. The maximum Gasteiger partial charge on any atom is 0.0828 e. The number of hydrogen-bond acceptors (Lipinski definition) is 3. The number of nitrogens with zero attached hydrogens (tertiary/aromatic N) is 2. The van der Waals surface area contributed by atoms with E-state index >= 15 is 0 Å². The van der Waals surface area contributed by atoms with Crippen molar-refractivity contribution in [1.29, 1.82) is 0 Å². The van der Waals surface area contributed by atoms with E-state index in [9.17, 15) is 0 Å². The molecule has 2 rings (SSSR count). The van der Waals surface area contributed by atoms with Gasteiger partial charge < -0.3 is 10.1 Å². The zero-order chi connectivity index (χ0) is 9.10. The van der Waals surface area contributed by atoms with Crippen LogP contribution in [-0.2, 0) is 17.9 Å². The Kier molecular flexibility index (Phi) is 2.61. The van der Waals surface area contributed by atoms with Crippen molar-refractivity contribution in [3.05, 3.63) is 18.0 Å². The van der Waals surface area contributed by atoms with Crippen LogP contribution >= 0.6 is 0 Å². The number of aromatic nitrogens is 2. The van der Waals surface area contributed by atoms with E-state index in [4.69, 9.17) is 4.74 Å². The molecule has 0 spiro atoms. The van der Waals surface area contributed by atoms with Crippen LogP contribution in [0.15, 0.2) is 12.4 Å². The van der Waals surface area contributed by atoms with Gasteiger partial charge in [0, 0.05) is 31.4 Å². The number of nitrogens with one attached hydrogen (secondary N) is 1. The smallest absolute Gasteiger partial charge is 0.0828 e. The van der Waals surface area contributed by atoms with E-state index in [1.807, 2.05) is 17.1 Å². The molecule has 0 unspecified atom stereocenters. The van der Waals surface area contributed by atoms with Gasteiger partial charge in [-0.25, -0.2) is 0 Å². The highest BCUT2D eigenvalue weighted by atomic mass is 16.5. The van der Waals surface area contributed by atoms with E-state index in [-0.39, 0.29) is 0 Å². The first kappa shape index (κ1) is 8.72. The van der Waals surface area contributed by atoms with Gasteiger partial charge in [0.25, 0.3) is 0 Å². The molecule has 2 heterocycles. The lowest BCUT2D eigenvalue weighted by Crippen LogP contribution is -2.48. The summed E-state index contributed by atoms with van der Waals surface area (Å²) in [7, 11) is 0. The Hall–Kier alpha value is -0.870. The molecule has 13 heavy (non-hydrogen) atoms. The topological polar surface area (TPSA) is 39.1 Å². The lowest BCUT2D eigenvalue weighted by molar-refractivity contribution is 0.00755. The van der Waals surface area contributed by atoms with Gasteiger partial charge in [-0.1, -0.05) is 0 Å². The molecule has 0 bridgehead atoms. The second kappa shape index (κ2) is 3.89. The van der Waals surface area contributed by atoms with Gasteiger partial charge in [0.05, 0.1) is 18.9 Å². The Bertz CT molecular complexity index is 268. The Morgan fingerprint density at radius 1 is 1.69 bits per heavy atom. The first-order chi connectivity index (χ1) is 6.38. The van der Waals surface area contributed by atoms with E-state index in [2.05, 4.69) is 17.3 Å². The van der Waals surface area contributed by atoms with Crippen molar-refractivity contribution < 1.29 is 4.74 Å². The minimum Gasteiger partial charge on any atom is -0.371 e. The van der Waals surface area contributed by atoms with Crippen LogP contribution in [-0.4, -0.2) is 29.0 Å². The third-order valence-electron chi connectivity index (χ3n) is 2.24. The lowest BCUT2D eigenvalue weighted by Gasteiger charge is -2.26. The van der Waals surface area contributed by atoms with Gasteiger partial charge in [0.2, 0.25) is 0 Å². The van der Waals surface area contributed by atoms with Gasteiger partial charge in [-0.05, 0) is 6.92 Å². The van der Waals surface area contributed by atoms with E-state index < -0.39 is 0 Å².